The molecule has 0 radical (unpaired) electrons. The summed E-state index contributed by atoms with van der Waals surface area (Å²) in [6, 6.07) is 4.60. The molecule has 1 heterocycles. The zero-order valence-corrected chi connectivity index (χ0v) is 12.5. The van der Waals surface area contributed by atoms with Crippen molar-refractivity contribution in [3.63, 3.8) is 0 Å². The van der Waals surface area contributed by atoms with Gasteiger partial charge in [-0.05, 0) is 31.7 Å². The summed E-state index contributed by atoms with van der Waals surface area (Å²) in [7, 11) is 0. The van der Waals surface area contributed by atoms with Crippen molar-refractivity contribution in [3.8, 4) is 0 Å². The van der Waals surface area contributed by atoms with Crippen LogP contribution < -0.4 is 5.32 Å². The number of fused-ring (bicyclic) bond motifs is 1. The van der Waals surface area contributed by atoms with E-state index in [4.69, 9.17) is 4.74 Å². The maximum absolute atomic E-state index is 12.6. The van der Waals surface area contributed by atoms with E-state index in [0.29, 0.717) is 11.3 Å². The Morgan fingerprint density at radius 1 is 1.39 bits per heavy atom. The number of nitro groups is 1. The number of nitrogens with one attached hydrogen (secondary N) is 1. The Hall–Kier alpha value is -2.44. The van der Waals surface area contributed by atoms with Gasteiger partial charge < -0.3 is 10.1 Å². The van der Waals surface area contributed by atoms with Crippen LogP contribution in [0, 0.1) is 40.7 Å². The zero-order chi connectivity index (χ0) is 16.3. The lowest BCUT2D eigenvalue weighted by Gasteiger charge is -2.23. The number of ether oxygens (including phenoxy) is 1. The Morgan fingerprint density at radius 2 is 2.17 bits per heavy atom. The van der Waals surface area contributed by atoms with Gasteiger partial charge in [0.15, 0.2) is 0 Å². The highest BCUT2D eigenvalue weighted by Crippen LogP contribution is 2.57. The number of hydrogen-bond donors (Lipinski definition) is 1. The van der Waals surface area contributed by atoms with Crippen LogP contribution in [-0.2, 0) is 14.3 Å². The van der Waals surface area contributed by atoms with Crippen LogP contribution in [0.25, 0.3) is 0 Å². The highest BCUT2D eigenvalue weighted by Gasteiger charge is 2.63. The van der Waals surface area contributed by atoms with Crippen LogP contribution in [-0.4, -0.2) is 22.9 Å². The summed E-state index contributed by atoms with van der Waals surface area (Å²) in [6.07, 6.45) is 1.59. The molecule has 5 atom stereocenters. The fourth-order valence-corrected chi connectivity index (χ4v) is 4.47. The Balaban J connectivity index is 1.56. The average molecular weight is 316 g/mol. The van der Waals surface area contributed by atoms with Crippen LogP contribution in [0.3, 0.4) is 0 Å². The second-order valence-corrected chi connectivity index (χ2v) is 6.67. The first-order valence-electron chi connectivity index (χ1n) is 7.72. The minimum absolute atomic E-state index is 0.0120. The molecule has 120 valence electrons. The number of anilines is 1. The molecule has 2 saturated carbocycles. The molecule has 1 saturated heterocycles. The van der Waals surface area contributed by atoms with Crippen molar-refractivity contribution in [3.05, 3.63) is 33.9 Å². The van der Waals surface area contributed by atoms with Gasteiger partial charge in [-0.1, -0.05) is 6.07 Å². The molecule has 3 fully saturated rings. The van der Waals surface area contributed by atoms with E-state index in [1.54, 1.807) is 19.1 Å². The lowest BCUT2D eigenvalue weighted by molar-refractivity contribution is -0.385. The number of nitrogens with zero attached hydrogens (tertiary/aromatic N) is 1. The molecule has 1 aromatic rings. The fourth-order valence-electron chi connectivity index (χ4n) is 4.47. The number of benzene rings is 1. The van der Waals surface area contributed by atoms with E-state index < -0.39 is 4.92 Å². The smallest absolute Gasteiger partial charge is 0.310 e. The van der Waals surface area contributed by atoms with Gasteiger partial charge in [-0.15, -0.1) is 0 Å². The third-order valence-corrected chi connectivity index (χ3v) is 5.46. The number of amides is 1. The van der Waals surface area contributed by atoms with Crippen LogP contribution in [0.1, 0.15) is 18.4 Å². The largest absolute Gasteiger partial charge is 0.462 e. The maximum Gasteiger partial charge on any atom is 0.310 e. The summed E-state index contributed by atoms with van der Waals surface area (Å²) in [5.41, 5.74) is 0.893. The predicted octanol–water partition coefficient (Wildman–Crippen LogP) is 2.04. The predicted molar refractivity (Wildman–Crippen MR) is 79.5 cm³/mol. The van der Waals surface area contributed by atoms with Crippen LogP contribution in [0.2, 0.25) is 0 Å². The Labute approximate surface area is 132 Å². The number of nitro benzene ring substituents is 1. The van der Waals surface area contributed by atoms with Crippen LogP contribution in [0.4, 0.5) is 11.4 Å². The topological polar surface area (TPSA) is 98.5 Å². The summed E-state index contributed by atoms with van der Waals surface area (Å²) in [4.78, 5) is 35.1. The van der Waals surface area contributed by atoms with Crippen molar-refractivity contribution in [2.24, 2.45) is 23.7 Å². The summed E-state index contributed by atoms with van der Waals surface area (Å²) < 4.78 is 5.33. The first-order valence-corrected chi connectivity index (χ1v) is 7.72. The number of carbonyl (C=O) groups excluding carboxylic acids is 2. The maximum atomic E-state index is 12.6. The van der Waals surface area contributed by atoms with Gasteiger partial charge in [0.2, 0.25) is 5.91 Å². The number of esters is 1. The van der Waals surface area contributed by atoms with Crippen molar-refractivity contribution in [2.45, 2.75) is 25.9 Å². The average Bonchev–Trinajstić information content (AvgIpc) is 3.10. The van der Waals surface area contributed by atoms with E-state index in [1.165, 1.54) is 6.07 Å². The highest BCUT2D eigenvalue weighted by molar-refractivity contribution is 5.97. The first-order chi connectivity index (χ1) is 11.0. The minimum Gasteiger partial charge on any atom is -0.462 e. The molecule has 23 heavy (non-hydrogen) atoms. The standard InChI is InChI=1S/C16H16N2O5/c1-7-2-3-9(6-11(7)18(21)22)17-15(19)13-8-4-10-12(5-8)23-16(20)14(10)13/h2-3,6,8,10,12-14H,4-5H2,1H3,(H,17,19)/t8-,10+,12-,13-,14-/m1/s1. The van der Waals surface area contributed by atoms with Gasteiger partial charge in [-0.2, -0.15) is 0 Å². The van der Waals surface area contributed by atoms with Crippen LogP contribution in [0.15, 0.2) is 18.2 Å². The molecule has 2 aliphatic carbocycles. The van der Waals surface area contributed by atoms with E-state index in [0.717, 1.165) is 12.8 Å². The second kappa shape index (κ2) is 4.78. The highest BCUT2D eigenvalue weighted by atomic mass is 16.6. The summed E-state index contributed by atoms with van der Waals surface area (Å²) in [6.45, 7) is 1.65. The SMILES string of the molecule is Cc1ccc(NC(=O)[C@@H]2[C@@H]3C[C@@H]4[C@H]2C(=O)O[C@@H]4C3)cc1[N+](=O)[O-]. The Kier molecular flexibility index (Phi) is 2.94. The molecule has 0 aromatic heterocycles. The van der Waals surface area contributed by atoms with Gasteiger partial charge in [0.25, 0.3) is 5.69 Å². The third kappa shape index (κ3) is 2.03. The summed E-state index contributed by atoms with van der Waals surface area (Å²) >= 11 is 0. The van der Waals surface area contributed by atoms with Crippen molar-refractivity contribution in [1.29, 1.82) is 0 Å². The van der Waals surface area contributed by atoms with Gasteiger partial charge in [-0.3, -0.25) is 19.7 Å². The summed E-state index contributed by atoms with van der Waals surface area (Å²) in [5, 5.41) is 13.7. The van der Waals surface area contributed by atoms with Crippen molar-refractivity contribution in [2.75, 3.05) is 5.32 Å². The normalized spacial score (nSPS) is 33.6. The molecular formula is C16H16N2O5. The van der Waals surface area contributed by atoms with E-state index in [-0.39, 0.29) is 47.3 Å². The molecular weight excluding hydrogens is 300 g/mol. The van der Waals surface area contributed by atoms with E-state index in [9.17, 15) is 19.7 Å². The molecule has 0 unspecified atom stereocenters. The lowest BCUT2D eigenvalue weighted by Crippen LogP contribution is -2.35. The fraction of sp³-hybridized carbons (Fsp3) is 0.500. The van der Waals surface area contributed by atoms with Crippen LogP contribution in [0.5, 0.6) is 0 Å². The van der Waals surface area contributed by atoms with Crippen molar-refractivity contribution in [1.82, 2.24) is 0 Å². The third-order valence-electron chi connectivity index (χ3n) is 5.46. The molecule has 3 aliphatic rings. The molecule has 1 amide bonds. The zero-order valence-electron chi connectivity index (χ0n) is 12.5. The molecule has 2 bridgehead atoms. The van der Waals surface area contributed by atoms with E-state index >= 15 is 0 Å². The number of hydrogen-bond acceptors (Lipinski definition) is 5. The molecule has 1 aromatic carbocycles. The van der Waals surface area contributed by atoms with Gasteiger partial charge >= 0.3 is 5.97 Å². The molecule has 1 N–H and O–H groups in total. The summed E-state index contributed by atoms with van der Waals surface area (Å²) in [5.74, 6) is -0.906. The van der Waals surface area contributed by atoms with E-state index in [1.807, 2.05) is 0 Å². The van der Waals surface area contributed by atoms with Crippen LogP contribution >= 0.6 is 0 Å². The van der Waals surface area contributed by atoms with Crippen molar-refractivity contribution >= 4 is 23.3 Å². The van der Waals surface area contributed by atoms with Gasteiger partial charge in [-0.25, -0.2) is 0 Å². The molecule has 7 heteroatoms. The number of rotatable bonds is 3. The monoisotopic (exact) mass is 316 g/mol. The molecule has 7 nitrogen and oxygen atoms in total. The Morgan fingerprint density at radius 3 is 2.91 bits per heavy atom. The van der Waals surface area contributed by atoms with Gasteiger partial charge in [0, 0.05) is 23.2 Å². The van der Waals surface area contributed by atoms with Gasteiger partial charge in [0.1, 0.15) is 6.10 Å². The molecule has 1 aliphatic heterocycles. The molecule has 4 rings (SSSR count). The second-order valence-electron chi connectivity index (χ2n) is 6.67. The van der Waals surface area contributed by atoms with E-state index in [2.05, 4.69) is 5.32 Å². The Bertz CT molecular complexity index is 729. The minimum atomic E-state index is -0.471. The molecule has 0 spiro atoms. The quantitative estimate of drug-likeness (QED) is 0.522. The number of aryl methyl sites for hydroxylation is 1. The first kappa shape index (κ1) is 14.2. The van der Waals surface area contributed by atoms with Crippen molar-refractivity contribution < 1.29 is 19.2 Å². The number of carbonyl (C=O) groups is 2. The van der Waals surface area contributed by atoms with Gasteiger partial charge in [0.05, 0.1) is 16.8 Å². The lowest BCUT2D eigenvalue weighted by atomic mass is 9.79.